The number of hydrogen-bond donors (Lipinski definition) is 1. The molecular weight excluding hydrogens is 358 g/mol. The van der Waals surface area contributed by atoms with E-state index in [4.69, 9.17) is 16.3 Å². The van der Waals surface area contributed by atoms with E-state index in [9.17, 15) is 9.59 Å². The third-order valence-electron chi connectivity index (χ3n) is 3.69. The highest BCUT2D eigenvalue weighted by molar-refractivity contribution is 7.15. The Morgan fingerprint density at radius 3 is 2.52 bits per heavy atom. The number of rotatable bonds is 8. The van der Waals surface area contributed by atoms with Gasteiger partial charge in [-0.2, -0.15) is 0 Å². The van der Waals surface area contributed by atoms with Crippen LogP contribution in [0.25, 0.3) is 11.1 Å². The van der Waals surface area contributed by atoms with Crippen molar-refractivity contribution in [1.82, 2.24) is 0 Å². The first kappa shape index (κ1) is 19.5. The Hall–Kier alpha value is -1.85. The molecule has 0 saturated carbocycles. The topological polar surface area (TPSA) is 55.4 Å². The summed E-state index contributed by atoms with van der Waals surface area (Å²) in [6.07, 6.45) is 3.36. The van der Waals surface area contributed by atoms with Crippen LogP contribution in [0.4, 0.5) is 5.00 Å². The van der Waals surface area contributed by atoms with Crippen LogP contribution in [0.5, 0.6) is 0 Å². The second-order valence-electron chi connectivity index (χ2n) is 5.59. The summed E-state index contributed by atoms with van der Waals surface area (Å²) >= 11 is 7.27. The van der Waals surface area contributed by atoms with Gasteiger partial charge >= 0.3 is 5.97 Å². The van der Waals surface area contributed by atoms with Gasteiger partial charge in [-0.25, -0.2) is 4.79 Å². The number of hydrogen-bond acceptors (Lipinski definition) is 4. The molecular formula is C19H22ClNO3S. The van der Waals surface area contributed by atoms with Crippen LogP contribution in [0.2, 0.25) is 5.02 Å². The molecule has 0 bridgehead atoms. The van der Waals surface area contributed by atoms with E-state index in [-0.39, 0.29) is 12.5 Å². The van der Waals surface area contributed by atoms with Crippen molar-refractivity contribution >= 4 is 39.8 Å². The van der Waals surface area contributed by atoms with Gasteiger partial charge in [0.25, 0.3) is 0 Å². The fourth-order valence-corrected chi connectivity index (χ4v) is 3.52. The Morgan fingerprint density at radius 1 is 1.16 bits per heavy atom. The van der Waals surface area contributed by atoms with Crippen LogP contribution < -0.4 is 5.32 Å². The molecule has 4 nitrogen and oxygen atoms in total. The van der Waals surface area contributed by atoms with Crippen molar-refractivity contribution in [1.29, 1.82) is 0 Å². The number of unbranched alkanes of at least 4 members (excludes halogenated alkanes) is 2. The summed E-state index contributed by atoms with van der Waals surface area (Å²) in [5.74, 6) is -0.513. The van der Waals surface area contributed by atoms with Gasteiger partial charge in [-0.15, -0.1) is 11.3 Å². The third-order valence-corrected chi connectivity index (χ3v) is 4.83. The monoisotopic (exact) mass is 379 g/mol. The van der Waals surface area contributed by atoms with E-state index in [1.54, 1.807) is 19.1 Å². The lowest BCUT2D eigenvalue weighted by Gasteiger charge is -2.09. The second kappa shape index (κ2) is 9.59. The molecule has 0 unspecified atom stereocenters. The first-order valence-corrected chi connectivity index (χ1v) is 9.67. The lowest BCUT2D eigenvalue weighted by Crippen LogP contribution is -2.14. The summed E-state index contributed by atoms with van der Waals surface area (Å²) in [6.45, 7) is 4.13. The molecule has 1 N–H and O–H groups in total. The molecule has 1 amide bonds. The van der Waals surface area contributed by atoms with Gasteiger partial charge in [0.2, 0.25) is 5.91 Å². The number of carbonyl (C=O) groups is 2. The summed E-state index contributed by atoms with van der Waals surface area (Å²) in [5, 5.41) is 5.88. The number of halogens is 1. The second-order valence-corrected chi connectivity index (χ2v) is 6.90. The molecule has 0 radical (unpaired) electrons. The van der Waals surface area contributed by atoms with Crippen LogP contribution in [-0.2, 0) is 9.53 Å². The standard InChI is InChI=1S/C19H22ClNO3S/c1-3-5-6-7-16(22)21-18-17(19(23)24-4-2)15(12-25-18)13-8-10-14(20)11-9-13/h8-12H,3-7H2,1-2H3,(H,21,22). The number of anilines is 1. The summed E-state index contributed by atoms with van der Waals surface area (Å²) in [6, 6.07) is 7.24. The van der Waals surface area contributed by atoms with Crippen LogP contribution in [0, 0.1) is 0 Å². The Labute approximate surface area is 157 Å². The van der Waals surface area contributed by atoms with Gasteiger partial charge in [-0.1, -0.05) is 43.5 Å². The molecule has 0 aliphatic rings. The normalized spacial score (nSPS) is 10.5. The van der Waals surface area contributed by atoms with Crippen LogP contribution in [0.3, 0.4) is 0 Å². The number of esters is 1. The fraction of sp³-hybridized carbons (Fsp3) is 0.368. The summed E-state index contributed by atoms with van der Waals surface area (Å²) in [4.78, 5) is 24.6. The molecule has 0 spiro atoms. The maximum Gasteiger partial charge on any atom is 0.341 e. The molecule has 1 aromatic carbocycles. The van der Waals surface area contributed by atoms with Gasteiger partial charge in [0.1, 0.15) is 10.6 Å². The largest absolute Gasteiger partial charge is 0.462 e. The molecule has 1 heterocycles. The first-order valence-electron chi connectivity index (χ1n) is 8.41. The van der Waals surface area contributed by atoms with E-state index in [2.05, 4.69) is 12.2 Å². The van der Waals surface area contributed by atoms with Gasteiger partial charge in [0.05, 0.1) is 6.61 Å². The summed E-state index contributed by atoms with van der Waals surface area (Å²) in [7, 11) is 0. The minimum absolute atomic E-state index is 0.0801. The molecule has 0 fully saturated rings. The highest BCUT2D eigenvalue weighted by Gasteiger charge is 2.22. The number of ether oxygens (including phenoxy) is 1. The molecule has 2 rings (SSSR count). The summed E-state index contributed by atoms with van der Waals surface area (Å²) < 4.78 is 5.18. The maximum absolute atomic E-state index is 12.4. The van der Waals surface area contributed by atoms with E-state index in [0.717, 1.165) is 30.4 Å². The Bertz CT molecular complexity index is 725. The zero-order valence-electron chi connectivity index (χ0n) is 14.4. The van der Waals surface area contributed by atoms with Crippen molar-refractivity contribution in [2.45, 2.75) is 39.5 Å². The fourth-order valence-electron chi connectivity index (χ4n) is 2.42. The minimum atomic E-state index is -0.433. The van der Waals surface area contributed by atoms with E-state index in [1.807, 2.05) is 17.5 Å². The first-order chi connectivity index (χ1) is 12.1. The molecule has 1 aromatic heterocycles. The predicted molar refractivity (Wildman–Crippen MR) is 103 cm³/mol. The number of carbonyl (C=O) groups excluding carboxylic acids is 2. The van der Waals surface area contributed by atoms with Crippen molar-refractivity contribution in [3.63, 3.8) is 0 Å². The predicted octanol–water partition coefficient (Wildman–Crippen LogP) is 5.76. The number of benzene rings is 1. The molecule has 0 atom stereocenters. The van der Waals surface area contributed by atoms with Gasteiger partial charge in [0.15, 0.2) is 0 Å². The van der Waals surface area contributed by atoms with E-state index in [0.29, 0.717) is 22.0 Å². The summed E-state index contributed by atoms with van der Waals surface area (Å²) in [5.41, 5.74) is 2.00. The van der Waals surface area contributed by atoms with E-state index in [1.165, 1.54) is 11.3 Å². The zero-order valence-corrected chi connectivity index (χ0v) is 16.0. The number of amides is 1. The zero-order chi connectivity index (χ0) is 18.2. The molecule has 25 heavy (non-hydrogen) atoms. The average Bonchev–Trinajstić information content (AvgIpc) is 2.99. The minimum Gasteiger partial charge on any atom is -0.462 e. The Balaban J connectivity index is 2.29. The Kier molecular flexibility index (Phi) is 7.47. The van der Waals surface area contributed by atoms with Crippen molar-refractivity contribution in [3.05, 3.63) is 40.2 Å². The quantitative estimate of drug-likeness (QED) is 0.468. The maximum atomic E-state index is 12.4. The lowest BCUT2D eigenvalue weighted by molar-refractivity contribution is -0.116. The van der Waals surface area contributed by atoms with E-state index >= 15 is 0 Å². The average molecular weight is 380 g/mol. The van der Waals surface area contributed by atoms with Crippen LogP contribution >= 0.6 is 22.9 Å². The van der Waals surface area contributed by atoms with Gasteiger partial charge in [-0.3, -0.25) is 4.79 Å². The molecule has 0 aliphatic carbocycles. The van der Waals surface area contributed by atoms with Crippen LogP contribution in [0.15, 0.2) is 29.6 Å². The van der Waals surface area contributed by atoms with Gasteiger partial charge in [0, 0.05) is 22.4 Å². The van der Waals surface area contributed by atoms with Crippen molar-refractivity contribution in [2.24, 2.45) is 0 Å². The van der Waals surface area contributed by atoms with E-state index < -0.39 is 5.97 Å². The van der Waals surface area contributed by atoms with Gasteiger partial charge in [-0.05, 0) is 31.0 Å². The molecule has 0 aliphatic heterocycles. The van der Waals surface area contributed by atoms with Crippen LogP contribution in [-0.4, -0.2) is 18.5 Å². The number of nitrogens with one attached hydrogen (secondary N) is 1. The highest BCUT2D eigenvalue weighted by atomic mass is 35.5. The molecule has 0 saturated heterocycles. The Morgan fingerprint density at radius 2 is 1.88 bits per heavy atom. The smallest absolute Gasteiger partial charge is 0.341 e. The molecule has 2 aromatic rings. The molecule has 134 valence electrons. The van der Waals surface area contributed by atoms with Crippen molar-refractivity contribution < 1.29 is 14.3 Å². The lowest BCUT2D eigenvalue weighted by atomic mass is 10.0. The highest BCUT2D eigenvalue weighted by Crippen LogP contribution is 2.36. The number of thiophene rings is 1. The van der Waals surface area contributed by atoms with Gasteiger partial charge < -0.3 is 10.1 Å². The van der Waals surface area contributed by atoms with Crippen molar-refractivity contribution in [3.8, 4) is 11.1 Å². The molecule has 6 heteroatoms. The SMILES string of the molecule is CCCCCC(=O)Nc1scc(-c2ccc(Cl)cc2)c1C(=O)OCC. The third kappa shape index (κ3) is 5.31. The van der Waals surface area contributed by atoms with Crippen LogP contribution in [0.1, 0.15) is 49.9 Å². The van der Waals surface area contributed by atoms with Crippen molar-refractivity contribution in [2.75, 3.05) is 11.9 Å².